The summed E-state index contributed by atoms with van der Waals surface area (Å²) in [5, 5.41) is 27.2. The lowest BCUT2D eigenvalue weighted by Crippen LogP contribution is -1.89. The second-order valence-electron chi connectivity index (χ2n) is 4.35. The van der Waals surface area contributed by atoms with Crippen LogP contribution in [-0.2, 0) is 6.61 Å². The zero-order chi connectivity index (χ0) is 14.5. The lowest BCUT2D eigenvalue weighted by atomic mass is 10.1. The summed E-state index contributed by atoms with van der Waals surface area (Å²) in [4.78, 5) is 0. The van der Waals surface area contributed by atoms with Gasteiger partial charge in [-0.05, 0) is 30.7 Å². The van der Waals surface area contributed by atoms with Crippen LogP contribution in [-0.4, -0.2) is 17.3 Å². The predicted octanol–water partition coefficient (Wildman–Crippen LogP) is 3.62. The Morgan fingerprint density at radius 2 is 1.85 bits per heavy atom. The molecule has 2 aromatic rings. The van der Waals surface area contributed by atoms with Crippen molar-refractivity contribution < 1.29 is 14.9 Å². The Kier molecular flexibility index (Phi) is 4.32. The van der Waals surface area contributed by atoms with Crippen molar-refractivity contribution in [1.29, 1.82) is 0 Å². The molecule has 2 aromatic carbocycles. The summed E-state index contributed by atoms with van der Waals surface area (Å²) < 4.78 is 5.04. The molecule has 2 rings (SSSR count). The van der Waals surface area contributed by atoms with Gasteiger partial charge in [0.05, 0.1) is 25.1 Å². The summed E-state index contributed by atoms with van der Waals surface area (Å²) in [6.45, 7) is 1.68. The fraction of sp³-hybridized carbons (Fsp3) is 0.200. The quantitative estimate of drug-likeness (QED) is 0.835. The average Bonchev–Trinajstić information content (AvgIpc) is 2.46. The number of azo groups is 1. The number of aryl methyl sites for hydroxylation is 1. The van der Waals surface area contributed by atoms with E-state index in [4.69, 9.17) is 4.74 Å². The van der Waals surface area contributed by atoms with Crippen LogP contribution in [0.25, 0.3) is 0 Å². The fourth-order valence-electron chi connectivity index (χ4n) is 1.79. The molecule has 0 aliphatic rings. The van der Waals surface area contributed by atoms with Crippen LogP contribution in [0.1, 0.15) is 11.1 Å². The number of phenols is 1. The molecule has 104 valence electrons. The van der Waals surface area contributed by atoms with E-state index in [2.05, 4.69) is 10.2 Å². The van der Waals surface area contributed by atoms with E-state index in [1.54, 1.807) is 12.1 Å². The summed E-state index contributed by atoms with van der Waals surface area (Å²) in [5.41, 5.74) is 2.69. The first-order valence-electron chi connectivity index (χ1n) is 6.13. The number of nitrogens with zero attached hydrogens (tertiary/aromatic N) is 2. The Balaban J connectivity index is 2.33. The predicted molar refractivity (Wildman–Crippen MR) is 75.9 cm³/mol. The summed E-state index contributed by atoms with van der Waals surface area (Å²) in [6.07, 6.45) is 0. The van der Waals surface area contributed by atoms with Gasteiger partial charge in [0.2, 0.25) is 0 Å². The average molecular weight is 272 g/mol. The molecule has 0 bridgehead atoms. The second-order valence-corrected chi connectivity index (χ2v) is 4.35. The first kappa shape index (κ1) is 14.0. The standard InChI is InChI=1S/C15H16N2O3/c1-10-4-3-5-12(6-10)16-17-13-7-11(9-18)15(19)14(8-13)20-2/h3-8,18-19H,9H2,1-2H3. The van der Waals surface area contributed by atoms with Crippen molar-refractivity contribution >= 4 is 11.4 Å². The molecule has 0 heterocycles. The van der Waals surface area contributed by atoms with Crippen molar-refractivity contribution in [3.05, 3.63) is 47.5 Å². The molecule has 2 N–H and O–H groups in total. The number of benzene rings is 2. The van der Waals surface area contributed by atoms with E-state index < -0.39 is 0 Å². The van der Waals surface area contributed by atoms with Gasteiger partial charge in [0.15, 0.2) is 11.5 Å². The molecule has 0 saturated heterocycles. The third-order valence-electron chi connectivity index (χ3n) is 2.81. The van der Waals surface area contributed by atoms with Crippen molar-refractivity contribution in [2.45, 2.75) is 13.5 Å². The smallest absolute Gasteiger partial charge is 0.163 e. The van der Waals surface area contributed by atoms with E-state index in [1.807, 2.05) is 31.2 Å². The highest BCUT2D eigenvalue weighted by Gasteiger charge is 2.09. The fourth-order valence-corrected chi connectivity index (χ4v) is 1.79. The first-order valence-corrected chi connectivity index (χ1v) is 6.13. The number of rotatable bonds is 4. The molecular weight excluding hydrogens is 256 g/mol. The highest BCUT2D eigenvalue weighted by atomic mass is 16.5. The molecular formula is C15H16N2O3. The van der Waals surface area contributed by atoms with Crippen LogP contribution < -0.4 is 4.74 Å². The number of hydrogen-bond acceptors (Lipinski definition) is 5. The number of methoxy groups -OCH3 is 1. The number of aliphatic hydroxyl groups excluding tert-OH is 1. The minimum absolute atomic E-state index is 0.0792. The topological polar surface area (TPSA) is 74.4 Å². The van der Waals surface area contributed by atoms with E-state index in [0.717, 1.165) is 11.3 Å². The molecule has 5 nitrogen and oxygen atoms in total. The molecule has 0 amide bonds. The van der Waals surface area contributed by atoms with Crippen molar-refractivity contribution in [2.24, 2.45) is 10.2 Å². The lowest BCUT2D eigenvalue weighted by Gasteiger charge is -2.08. The molecule has 5 heteroatoms. The molecule has 0 atom stereocenters. The monoisotopic (exact) mass is 272 g/mol. The van der Waals surface area contributed by atoms with Crippen LogP contribution in [0.5, 0.6) is 11.5 Å². The third-order valence-corrected chi connectivity index (χ3v) is 2.81. The zero-order valence-corrected chi connectivity index (χ0v) is 11.4. The van der Waals surface area contributed by atoms with Gasteiger partial charge in [-0.3, -0.25) is 0 Å². The molecule has 0 aliphatic heterocycles. The van der Waals surface area contributed by atoms with Gasteiger partial charge < -0.3 is 14.9 Å². The van der Waals surface area contributed by atoms with Gasteiger partial charge in [-0.15, -0.1) is 0 Å². The van der Waals surface area contributed by atoms with E-state index in [1.165, 1.54) is 7.11 Å². The molecule has 0 aliphatic carbocycles. The minimum atomic E-state index is -0.296. The van der Waals surface area contributed by atoms with Crippen molar-refractivity contribution in [3.63, 3.8) is 0 Å². The van der Waals surface area contributed by atoms with E-state index in [-0.39, 0.29) is 18.1 Å². The maximum absolute atomic E-state index is 9.78. The zero-order valence-electron chi connectivity index (χ0n) is 11.4. The van der Waals surface area contributed by atoms with Crippen LogP contribution in [0.2, 0.25) is 0 Å². The van der Waals surface area contributed by atoms with E-state index >= 15 is 0 Å². The Morgan fingerprint density at radius 3 is 2.50 bits per heavy atom. The largest absolute Gasteiger partial charge is 0.504 e. The van der Waals surface area contributed by atoms with Crippen LogP contribution >= 0.6 is 0 Å². The molecule has 0 spiro atoms. The van der Waals surface area contributed by atoms with E-state index in [9.17, 15) is 10.2 Å². The van der Waals surface area contributed by atoms with Crippen LogP contribution in [0.3, 0.4) is 0 Å². The highest BCUT2D eigenvalue weighted by Crippen LogP contribution is 2.35. The maximum Gasteiger partial charge on any atom is 0.163 e. The van der Waals surface area contributed by atoms with Crippen molar-refractivity contribution in [3.8, 4) is 11.5 Å². The SMILES string of the molecule is COc1cc(N=Nc2cccc(C)c2)cc(CO)c1O. The molecule has 0 radical (unpaired) electrons. The Labute approximate surface area is 117 Å². The van der Waals surface area contributed by atoms with Gasteiger partial charge in [0.1, 0.15) is 0 Å². The van der Waals surface area contributed by atoms with E-state index in [0.29, 0.717) is 11.3 Å². The molecule has 20 heavy (non-hydrogen) atoms. The van der Waals surface area contributed by atoms with Crippen molar-refractivity contribution in [1.82, 2.24) is 0 Å². The normalized spacial score (nSPS) is 10.9. The van der Waals surface area contributed by atoms with Gasteiger partial charge in [-0.1, -0.05) is 12.1 Å². The Morgan fingerprint density at radius 1 is 1.10 bits per heavy atom. The first-order chi connectivity index (χ1) is 9.63. The van der Waals surface area contributed by atoms with Crippen LogP contribution in [0.15, 0.2) is 46.6 Å². The summed E-state index contributed by atoms with van der Waals surface area (Å²) in [5.74, 6) is 0.180. The Bertz CT molecular complexity index is 614. The van der Waals surface area contributed by atoms with Crippen LogP contribution in [0.4, 0.5) is 11.4 Å². The van der Waals surface area contributed by atoms with Crippen molar-refractivity contribution in [2.75, 3.05) is 7.11 Å². The van der Waals surface area contributed by atoms with Gasteiger partial charge in [0, 0.05) is 11.6 Å². The van der Waals surface area contributed by atoms with Crippen LogP contribution in [0, 0.1) is 6.92 Å². The van der Waals surface area contributed by atoms with Gasteiger partial charge in [0.25, 0.3) is 0 Å². The molecule has 0 aromatic heterocycles. The lowest BCUT2D eigenvalue weighted by molar-refractivity contribution is 0.272. The highest BCUT2D eigenvalue weighted by molar-refractivity contribution is 5.56. The number of hydrogen-bond donors (Lipinski definition) is 2. The van der Waals surface area contributed by atoms with Gasteiger partial charge >= 0.3 is 0 Å². The van der Waals surface area contributed by atoms with Gasteiger partial charge in [-0.25, -0.2) is 0 Å². The second kappa shape index (κ2) is 6.16. The minimum Gasteiger partial charge on any atom is -0.504 e. The molecule has 0 unspecified atom stereocenters. The molecule has 0 fully saturated rings. The Hall–Kier alpha value is -2.40. The third kappa shape index (κ3) is 3.13. The summed E-state index contributed by atoms with van der Waals surface area (Å²) in [7, 11) is 1.44. The number of aromatic hydroxyl groups is 1. The number of ether oxygens (including phenoxy) is 1. The number of aliphatic hydroxyl groups is 1. The van der Waals surface area contributed by atoms with Gasteiger partial charge in [-0.2, -0.15) is 10.2 Å². The molecule has 0 saturated carbocycles. The summed E-state index contributed by atoms with van der Waals surface area (Å²) >= 11 is 0. The maximum atomic E-state index is 9.78. The summed E-state index contributed by atoms with van der Waals surface area (Å²) in [6, 6.07) is 10.8.